The molecule has 2 aromatic carbocycles. The Labute approximate surface area is 229 Å². The number of anilines is 1. The maximum Gasteiger partial charge on any atom is 0.410 e. The fourth-order valence-electron chi connectivity index (χ4n) is 4.61. The van der Waals surface area contributed by atoms with Crippen LogP contribution in [0.3, 0.4) is 0 Å². The van der Waals surface area contributed by atoms with Crippen LogP contribution in [-0.4, -0.2) is 83.9 Å². The van der Waals surface area contributed by atoms with Gasteiger partial charge in [0.15, 0.2) is 5.75 Å². The van der Waals surface area contributed by atoms with Gasteiger partial charge in [-0.2, -0.15) is 0 Å². The SMILES string of the molecule is CN(CCCN1CCN(C(=O)OC(C)(C)C)CC1)c1ccc2ncc(OCc3ccccc3)c(C(=O)O)c2c1. The summed E-state index contributed by atoms with van der Waals surface area (Å²) < 4.78 is 11.4. The minimum atomic E-state index is -1.05. The first-order valence-electron chi connectivity index (χ1n) is 13.3. The van der Waals surface area contributed by atoms with Gasteiger partial charge < -0.3 is 24.4 Å². The van der Waals surface area contributed by atoms with Crippen LogP contribution in [0.2, 0.25) is 0 Å². The lowest BCUT2D eigenvalue weighted by Crippen LogP contribution is -2.50. The molecule has 39 heavy (non-hydrogen) atoms. The van der Waals surface area contributed by atoms with Crippen molar-refractivity contribution in [3.05, 3.63) is 65.9 Å². The van der Waals surface area contributed by atoms with Gasteiger partial charge in [-0.15, -0.1) is 0 Å². The number of carboxylic acid groups (broad SMARTS) is 1. The Morgan fingerprint density at radius 3 is 2.44 bits per heavy atom. The molecule has 0 radical (unpaired) electrons. The van der Waals surface area contributed by atoms with E-state index in [1.54, 1.807) is 4.90 Å². The lowest BCUT2D eigenvalue weighted by Gasteiger charge is -2.35. The number of hydrogen-bond acceptors (Lipinski definition) is 7. The molecule has 0 unspecified atom stereocenters. The van der Waals surface area contributed by atoms with E-state index in [-0.39, 0.29) is 24.0 Å². The second-order valence-corrected chi connectivity index (χ2v) is 10.9. The average molecular weight is 535 g/mol. The molecule has 1 aliphatic heterocycles. The highest BCUT2D eigenvalue weighted by molar-refractivity contribution is 6.05. The summed E-state index contributed by atoms with van der Waals surface area (Å²) in [5.74, 6) is -0.792. The van der Waals surface area contributed by atoms with Gasteiger partial charge in [-0.05, 0) is 57.5 Å². The van der Waals surface area contributed by atoms with Crippen molar-refractivity contribution in [2.24, 2.45) is 0 Å². The molecule has 0 atom stereocenters. The summed E-state index contributed by atoms with van der Waals surface area (Å²) in [5.41, 5.74) is 2.11. The molecular weight excluding hydrogens is 496 g/mol. The third-order valence-electron chi connectivity index (χ3n) is 6.70. The van der Waals surface area contributed by atoms with Gasteiger partial charge in [0.25, 0.3) is 0 Å². The van der Waals surface area contributed by atoms with Crippen molar-refractivity contribution in [2.45, 2.75) is 39.4 Å². The standard InChI is InChI=1S/C30H38N4O5/c1-30(2,3)39-29(37)34-17-15-33(16-18-34)14-8-13-32(4)23-11-12-25-24(19-23)27(28(35)36)26(20-31-25)38-21-22-9-6-5-7-10-22/h5-7,9-12,19-20H,8,13-18,21H2,1-4H3,(H,35,36). The van der Waals surface area contributed by atoms with Crippen LogP contribution in [0.1, 0.15) is 43.1 Å². The molecule has 4 rings (SSSR count). The molecule has 9 heteroatoms. The van der Waals surface area contributed by atoms with Crippen LogP contribution in [0.5, 0.6) is 5.75 Å². The predicted molar refractivity (Wildman–Crippen MR) is 152 cm³/mol. The van der Waals surface area contributed by atoms with E-state index < -0.39 is 11.6 Å². The molecule has 208 valence electrons. The molecule has 0 saturated carbocycles. The maximum absolute atomic E-state index is 12.3. The number of amides is 1. The van der Waals surface area contributed by atoms with E-state index in [4.69, 9.17) is 9.47 Å². The Hall–Kier alpha value is -3.85. The van der Waals surface area contributed by atoms with Gasteiger partial charge in [0.2, 0.25) is 0 Å². The molecule has 3 aromatic rings. The van der Waals surface area contributed by atoms with Crippen LogP contribution in [-0.2, 0) is 11.3 Å². The van der Waals surface area contributed by atoms with Crippen LogP contribution < -0.4 is 9.64 Å². The minimum absolute atomic E-state index is 0.119. The Morgan fingerprint density at radius 1 is 1.05 bits per heavy atom. The molecule has 1 N–H and O–H groups in total. The van der Waals surface area contributed by atoms with Crippen LogP contribution in [0.4, 0.5) is 10.5 Å². The monoisotopic (exact) mass is 534 g/mol. The highest BCUT2D eigenvalue weighted by atomic mass is 16.6. The van der Waals surface area contributed by atoms with Crippen molar-refractivity contribution in [3.8, 4) is 5.75 Å². The zero-order valence-corrected chi connectivity index (χ0v) is 23.2. The number of pyridine rings is 1. The van der Waals surface area contributed by atoms with Crippen molar-refractivity contribution in [3.63, 3.8) is 0 Å². The van der Waals surface area contributed by atoms with E-state index in [0.717, 1.165) is 43.9 Å². The summed E-state index contributed by atoms with van der Waals surface area (Å²) >= 11 is 0. The lowest BCUT2D eigenvalue weighted by atomic mass is 10.1. The van der Waals surface area contributed by atoms with Gasteiger partial charge in [-0.1, -0.05) is 30.3 Å². The normalized spacial score (nSPS) is 14.3. The van der Waals surface area contributed by atoms with E-state index in [1.165, 1.54) is 6.20 Å². The second kappa shape index (κ2) is 12.3. The van der Waals surface area contributed by atoms with Gasteiger partial charge >= 0.3 is 12.1 Å². The van der Waals surface area contributed by atoms with Gasteiger partial charge in [0, 0.05) is 50.8 Å². The molecule has 0 bridgehead atoms. The predicted octanol–water partition coefficient (Wildman–Crippen LogP) is 4.89. The molecular formula is C30H38N4O5. The van der Waals surface area contributed by atoms with Crippen molar-refractivity contribution >= 4 is 28.7 Å². The van der Waals surface area contributed by atoms with Crippen LogP contribution >= 0.6 is 0 Å². The number of nitrogens with zero attached hydrogens (tertiary/aromatic N) is 4. The van der Waals surface area contributed by atoms with Crippen LogP contribution in [0, 0.1) is 0 Å². The van der Waals surface area contributed by atoms with Gasteiger partial charge in [-0.25, -0.2) is 9.59 Å². The van der Waals surface area contributed by atoms with Gasteiger partial charge in [0.05, 0.1) is 11.7 Å². The molecule has 1 saturated heterocycles. The number of aromatic carboxylic acids is 1. The van der Waals surface area contributed by atoms with Gasteiger partial charge in [0.1, 0.15) is 17.8 Å². The third kappa shape index (κ3) is 7.60. The Bertz CT molecular complexity index is 1280. The number of hydrogen-bond donors (Lipinski definition) is 1. The molecule has 0 spiro atoms. The molecule has 1 amide bonds. The number of carboxylic acids is 1. The summed E-state index contributed by atoms with van der Waals surface area (Å²) in [6.45, 7) is 10.6. The first kappa shape index (κ1) is 28.2. The molecule has 2 heterocycles. The molecule has 0 aliphatic carbocycles. The Morgan fingerprint density at radius 2 is 1.77 bits per heavy atom. The van der Waals surface area contributed by atoms with E-state index in [9.17, 15) is 14.7 Å². The summed E-state index contributed by atoms with van der Waals surface area (Å²) in [7, 11) is 2.01. The molecule has 9 nitrogen and oxygen atoms in total. The number of carbonyl (C=O) groups excluding carboxylic acids is 1. The van der Waals surface area contributed by atoms with Crippen molar-refractivity contribution in [1.29, 1.82) is 0 Å². The van der Waals surface area contributed by atoms with Crippen molar-refractivity contribution in [1.82, 2.24) is 14.8 Å². The van der Waals surface area contributed by atoms with E-state index in [2.05, 4.69) is 14.8 Å². The number of ether oxygens (including phenoxy) is 2. The third-order valence-corrected chi connectivity index (χ3v) is 6.70. The number of fused-ring (bicyclic) bond motifs is 1. The quantitative estimate of drug-likeness (QED) is 0.415. The molecule has 1 aliphatic rings. The summed E-state index contributed by atoms with van der Waals surface area (Å²) in [4.78, 5) is 35.2. The number of benzene rings is 2. The summed E-state index contributed by atoms with van der Waals surface area (Å²) in [6, 6.07) is 15.3. The fourth-order valence-corrected chi connectivity index (χ4v) is 4.61. The smallest absolute Gasteiger partial charge is 0.410 e. The number of piperazine rings is 1. The minimum Gasteiger partial charge on any atom is -0.486 e. The van der Waals surface area contributed by atoms with E-state index >= 15 is 0 Å². The van der Waals surface area contributed by atoms with E-state index in [1.807, 2.05) is 76.3 Å². The number of carbonyl (C=O) groups is 2. The average Bonchev–Trinajstić information content (AvgIpc) is 2.91. The first-order valence-corrected chi connectivity index (χ1v) is 13.3. The number of rotatable bonds is 9. The fraction of sp³-hybridized carbons (Fsp3) is 0.433. The zero-order chi connectivity index (χ0) is 28.0. The molecule has 1 fully saturated rings. The highest BCUT2D eigenvalue weighted by Crippen LogP contribution is 2.30. The topological polar surface area (TPSA) is 95.4 Å². The first-order chi connectivity index (χ1) is 18.6. The summed E-state index contributed by atoms with van der Waals surface area (Å²) in [5, 5.41) is 10.6. The highest BCUT2D eigenvalue weighted by Gasteiger charge is 2.25. The van der Waals surface area contributed by atoms with Gasteiger partial charge in [-0.3, -0.25) is 9.88 Å². The van der Waals surface area contributed by atoms with Crippen LogP contribution in [0.15, 0.2) is 54.7 Å². The summed E-state index contributed by atoms with van der Waals surface area (Å²) in [6.07, 6.45) is 2.17. The zero-order valence-electron chi connectivity index (χ0n) is 23.2. The Kier molecular flexibility index (Phi) is 8.91. The van der Waals surface area contributed by atoms with E-state index in [0.29, 0.717) is 24.0 Å². The maximum atomic E-state index is 12.3. The lowest BCUT2D eigenvalue weighted by molar-refractivity contribution is 0.0145. The largest absolute Gasteiger partial charge is 0.486 e. The van der Waals surface area contributed by atoms with Crippen molar-refractivity contribution in [2.75, 3.05) is 51.2 Å². The number of aromatic nitrogens is 1. The second-order valence-electron chi connectivity index (χ2n) is 10.9. The van der Waals surface area contributed by atoms with Crippen LogP contribution in [0.25, 0.3) is 10.9 Å². The molecule has 1 aromatic heterocycles. The van der Waals surface area contributed by atoms with Crippen molar-refractivity contribution < 1.29 is 24.2 Å². The Balaban J connectivity index is 1.35.